The van der Waals surface area contributed by atoms with E-state index in [2.05, 4.69) is 83.8 Å². The first-order valence-electron chi connectivity index (χ1n) is 14.1. The number of aliphatic imine (C=N–C) groups is 2. The molecule has 5 aromatic carbocycles. The molecule has 2 aliphatic rings. The SMILES string of the molecule is C1=C(c2ccccc2)N=C(c2ccccc2)N=C(c2ccc(N3c4ccccc4Oc4ccccc43)cc2)CCC1. The monoisotopic (exact) mass is 531 g/mol. The van der Waals surface area contributed by atoms with Crippen LogP contribution in [0.25, 0.3) is 5.70 Å². The Hall–Kier alpha value is -5.22. The molecule has 198 valence electrons. The molecule has 4 nitrogen and oxygen atoms in total. The number of fused-ring (bicyclic) bond motifs is 2. The van der Waals surface area contributed by atoms with E-state index in [0.717, 1.165) is 81.8 Å². The maximum absolute atomic E-state index is 6.20. The number of anilines is 3. The van der Waals surface area contributed by atoms with Crippen LogP contribution in [-0.2, 0) is 0 Å². The van der Waals surface area contributed by atoms with E-state index in [-0.39, 0.29) is 0 Å². The van der Waals surface area contributed by atoms with Crippen molar-refractivity contribution in [2.45, 2.75) is 19.3 Å². The minimum atomic E-state index is 0.734. The molecule has 0 radical (unpaired) electrons. The third-order valence-corrected chi connectivity index (χ3v) is 7.42. The van der Waals surface area contributed by atoms with Gasteiger partial charge < -0.3 is 9.64 Å². The highest BCUT2D eigenvalue weighted by atomic mass is 16.5. The second kappa shape index (κ2) is 11.1. The number of allylic oxidation sites excluding steroid dienone is 1. The van der Waals surface area contributed by atoms with Gasteiger partial charge in [0.25, 0.3) is 0 Å². The summed E-state index contributed by atoms with van der Waals surface area (Å²) in [5, 5.41) is 0. The quantitative estimate of drug-likeness (QED) is 0.227. The molecule has 0 unspecified atom stereocenters. The summed E-state index contributed by atoms with van der Waals surface area (Å²) in [4.78, 5) is 12.6. The van der Waals surface area contributed by atoms with Crippen molar-refractivity contribution in [3.05, 3.63) is 156 Å². The van der Waals surface area contributed by atoms with Gasteiger partial charge in [-0.15, -0.1) is 0 Å². The minimum Gasteiger partial charge on any atom is -0.453 e. The van der Waals surface area contributed by atoms with Crippen LogP contribution < -0.4 is 9.64 Å². The molecule has 2 aliphatic heterocycles. The van der Waals surface area contributed by atoms with Crippen LogP contribution >= 0.6 is 0 Å². The molecule has 2 heterocycles. The number of rotatable bonds is 4. The molecule has 0 saturated heterocycles. The van der Waals surface area contributed by atoms with Crippen molar-refractivity contribution in [3.8, 4) is 11.5 Å². The maximum atomic E-state index is 6.20. The summed E-state index contributed by atoms with van der Waals surface area (Å²) in [7, 11) is 0. The van der Waals surface area contributed by atoms with E-state index in [1.165, 1.54) is 0 Å². The molecule has 7 rings (SSSR count). The first kappa shape index (κ1) is 24.8. The molecule has 0 N–H and O–H groups in total. The summed E-state index contributed by atoms with van der Waals surface area (Å²) < 4.78 is 6.20. The normalized spacial score (nSPS) is 14.6. The molecule has 0 spiro atoms. The van der Waals surface area contributed by atoms with Crippen molar-refractivity contribution in [1.29, 1.82) is 0 Å². The number of benzene rings is 5. The summed E-state index contributed by atoms with van der Waals surface area (Å²) in [5.74, 6) is 2.43. The van der Waals surface area contributed by atoms with Crippen molar-refractivity contribution in [2.75, 3.05) is 4.90 Å². The fraction of sp³-hybridized carbons (Fsp3) is 0.0811. The highest BCUT2D eigenvalue weighted by Crippen LogP contribution is 2.49. The molecule has 0 atom stereocenters. The van der Waals surface area contributed by atoms with Gasteiger partial charge in [-0.1, -0.05) is 103 Å². The Labute approximate surface area is 240 Å². The molecule has 0 fully saturated rings. The van der Waals surface area contributed by atoms with Gasteiger partial charge in [0.05, 0.1) is 22.8 Å². The first-order chi connectivity index (χ1) is 20.3. The number of para-hydroxylation sites is 4. The average Bonchev–Trinajstić information content (AvgIpc) is 3.15. The predicted octanol–water partition coefficient (Wildman–Crippen LogP) is 9.72. The van der Waals surface area contributed by atoms with Gasteiger partial charge in [0, 0.05) is 11.3 Å². The second-order valence-electron chi connectivity index (χ2n) is 10.1. The van der Waals surface area contributed by atoms with Crippen molar-refractivity contribution in [1.82, 2.24) is 0 Å². The van der Waals surface area contributed by atoms with Crippen molar-refractivity contribution in [3.63, 3.8) is 0 Å². The standard InChI is InChI=1S/C37H29N3O/c1-3-13-27(14-4-1)31-17-7-8-18-32(39-37(38-31)29-15-5-2-6-16-29)28-23-25-30(26-24-28)40-33-19-9-11-21-35(33)41-36-22-12-10-20-34(36)40/h1-6,9-17,19-26H,7-8,18H2. The number of hydrogen-bond donors (Lipinski definition) is 0. The van der Waals surface area contributed by atoms with E-state index >= 15 is 0 Å². The van der Waals surface area contributed by atoms with Gasteiger partial charge in [-0.05, 0) is 66.8 Å². The fourth-order valence-electron chi connectivity index (χ4n) is 5.38. The minimum absolute atomic E-state index is 0.734. The zero-order valence-corrected chi connectivity index (χ0v) is 22.7. The van der Waals surface area contributed by atoms with Crippen molar-refractivity contribution >= 4 is 34.3 Å². The molecule has 5 aromatic rings. The lowest BCUT2D eigenvalue weighted by Crippen LogP contribution is -2.15. The topological polar surface area (TPSA) is 37.2 Å². The van der Waals surface area contributed by atoms with E-state index in [0.29, 0.717) is 0 Å². The van der Waals surface area contributed by atoms with Crippen LogP contribution in [0.3, 0.4) is 0 Å². The zero-order valence-electron chi connectivity index (χ0n) is 22.7. The van der Waals surface area contributed by atoms with Gasteiger partial charge in [-0.2, -0.15) is 0 Å². The summed E-state index contributed by atoms with van der Waals surface area (Å²) in [5.41, 5.74) is 8.36. The molecule has 0 aliphatic carbocycles. The lowest BCUT2D eigenvalue weighted by atomic mass is 10.0. The third kappa shape index (κ3) is 5.08. The van der Waals surface area contributed by atoms with E-state index in [4.69, 9.17) is 14.7 Å². The summed E-state index contributed by atoms with van der Waals surface area (Å²) >= 11 is 0. The molecule has 4 heteroatoms. The van der Waals surface area contributed by atoms with Crippen molar-refractivity contribution in [2.24, 2.45) is 9.98 Å². The van der Waals surface area contributed by atoms with Crippen LogP contribution in [0.4, 0.5) is 17.1 Å². The molecule has 0 amide bonds. The van der Waals surface area contributed by atoms with Gasteiger partial charge in [0.1, 0.15) is 0 Å². The summed E-state index contributed by atoms with van der Waals surface area (Å²) in [6.07, 6.45) is 5.05. The number of ether oxygens (including phenoxy) is 1. The maximum Gasteiger partial charge on any atom is 0.160 e. The second-order valence-corrected chi connectivity index (χ2v) is 10.1. The average molecular weight is 532 g/mol. The highest BCUT2D eigenvalue weighted by Gasteiger charge is 2.25. The first-order valence-corrected chi connectivity index (χ1v) is 14.1. The molecule has 41 heavy (non-hydrogen) atoms. The van der Waals surface area contributed by atoms with Crippen molar-refractivity contribution < 1.29 is 4.74 Å². The van der Waals surface area contributed by atoms with Gasteiger partial charge in [-0.25, -0.2) is 9.98 Å². The Bertz CT molecular complexity index is 1730. The van der Waals surface area contributed by atoms with Crippen LogP contribution in [0.1, 0.15) is 36.0 Å². The van der Waals surface area contributed by atoms with Crippen LogP contribution in [0.5, 0.6) is 11.5 Å². The Morgan fingerprint density at radius 1 is 0.537 bits per heavy atom. The lowest BCUT2D eigenvalue weighted by molar-refractivity contribution is 0.477. The molecular weight excluding hydrogens is 502 g/mol. The Morgan fingerprint density at radius 2 is 1.12 bits per heavy atom. The molecule has 0 aromatic heterocycles. The van der Waals surface area contributed by atoms with Gasteiger partial charge in [0.15, 0.2) is 17.3 Å². The van der Waals surface area contributed by atoms with Crippen LogP contribution in [0, 0.1) is 0 Å². The smallest absolute Gasteiger partial charge is 0.160 e. The third-order valence-electron chi connectivity index (χ3n) is 7.42. The number of nitrogens with zero attached hydrogens (tertiary/aromatic N) is 3. The van der Waals surface area contributed by atoms with Gasteiger partial charge >= 0.3 is 0 Å². The highest BCUT2D eigenvalue weighted by molar-refractivity contribution is 6.13. The van der Waals surface area contributed by atoms with E-state index in [9.17, 15) is 0 Å². The van der Waals surface area contributed by atoms with E-state index < -0.39 is 0 Å². The fourth-order valence-corrected chi connectivity index (χ4v) is 5.38. The Kier molecular flexibility index (Phi) is 6.72. The van der Waals surface area contributed by atoms with E-state index in [1.807, 2.05) is 60.7 Å². The van der Waals surface area contributed by atoms with Crippen LogP contribution in [0.2, 0.25) is 0 Å². The number of amidine groups is 1. The predicted molar refractivity (Wildman–Crippen MR) is 169 cm³/mol. The summed E-state index contributed by atoms with van der Waals surface area (Å²) in [6, 6.07) is 45.7. The number of hydrogen-bond acceptors (Lipinski definition) is 4. The Balaban J connectivity index is 1.28. The van der Waals surface area contributed by atoms with Crippen LogP contribution in [-0.4, -0.2) is 11.5 Å². The largest absolute Gasteiger partial charge is 0.453 e. The summed E-state index contributed by atoms with van der Waals surface area (Å²) in [6.45, 7) is 0. The van der Waals surface area contributed by atoms with Gasteiger partial charge in [-0.3, -0.25) is 0 Å². The lowest BCUT2D eigenvalue weighted by Gasteiger charge is -2.32. The Morgan fingerprint density at radius 3 is 1.78 bits per heavy atom. The van der Waals surface area contributed by atoms with Crippen LogP contribution in [0.15, 0.2) is 150 Å². The zero-order chi connectivity index (χ0) is 27.4. The van der Waals surface area contributed by atoms with E-state index in [1.54, 1.807) is 0 Å². The molecule has 0 saturated carbocycles. The molecular formula is C37H29N3O. The van der Waals surface area contributed by atoms with Gasteiger partial charge in [0.2, 0.25) is 0 Å². The molecule has 0 bridgehead atoms.